The van der Waals surface area contributed by atoms with Crippen molar-refractivity contribution in [3.63, 3.8) is 0 Å². The summed E-state index contributed by atoms with van der Waals surface area (Å²) < 4.78 is 4.97. The molecule has 0 bridgehead atoms. The van der Waals surface area contributed by atoms with Crippen LogP contribution in [0.15, 0.2) is 29.2 Å². The maximum absolute atomic E-state index is 4.97. The van der Waals surface area contributed by atoms with E-state index >= 15 is 0 Å². The van der Waals surface area contributed by atoms with Gasteiger partial charge < -0.3 is 10.2 Å². The molecular weight excluding hydrogens is 148 g/mol. The van der Waals surface area contributed by atoms with E-state index < -0.39 is 0 Å². The van der Waals surface area contributed by atoms with Crippen LogP contribution in [0, 0.1) is 0 Å². The Bertz CT molecular complexity index is 201. The van der Waals surface area contributed by atoms with Gasteiger partial charge in [-0.05, 0) is 12.1 Å². The molecule has 0 heterocycles. The van der Waals surface area contributed by atoms with Crippen LogP contribution in [0.2, 0.25) is 0 Å². The highest BCUT2D eigenvalue weighted by Gasteiger charge is 1.91. The van der Waals surface area contributed by atoms with Crippen molar-refractivity contribution >= 4 is 12.6 Å². The van der Waals surface area contributed by atoms with E-state index in [0.717, 1.165) is 10.6 Å². The minimum Gasteiger partial charge on any atom is -0.496 e. The molecule has 0 saturated heterocycles. The summed E-state index contributed by atoms with van der Waals surface area (Å²) in [5, 5.41) is 0. The zero-order valence-electron chi connectivity index (χ0n) is 5.66. The Morgan fingerprint density at radius 1 is 1.30 bits per heavy atom. The lowest BCUT2D eigenvalue weighted by Crippen LogP contribution is -1.81. The van der Waals surface area contributed by atoms with Crippen molar-refractivity contribution < 1.29 is 10.2 Å². The number of hydrogen-bond acceptors (Lipinski definition) is 2. The minimum absolute atomic E-state index is 0. The molecule has 0 aromatic heterocycles. The van der Waals surface area contributed by atoms with E-state index in [1.54, 1.807) is 7.11 Å². The fourth-order valence-corrected chi connectivity index (χ4v) is 0.882. The van der Waals surface area contributed by atoms with Gasteiger partial charge in [0.2, 0.25) is 0 Å². The van der Waals surface area contributed by atoms with Crippen molar-refractivity contribution in [2.45, 2.75) is 4.90 Å². The second-order valence-corrected chi connectivity index (χ2v) is 2.15. The van der Waals surface area contributed by atoms with Crippen molar-refractivity contribution in [3.8, 4) is 5.75 Å². The van der Waals surface area contributed by atoms with Crippen molar-refractivity contribution in [3.05, 3.63) is 24.3 Å². The molecule has 0 aliphatic carbocycles. The van der Waals surface area contributed by atoms with Gasteiger partial charge in [0.1, 0.15) is 5.75 Å². The normalized spacial score (nSPS) is 8.20. The average molecular weight is 158 g/mol. The van der Waals surface area contributed by atoms with Crippen LogP contribution in [-0.2, 0) is 0 Å². The quantitative estimate of drug-likeness (QED) is 0.612. The van der Waals surface area contributed by atoms with Crippen LogP contribution in [0.3, 0.4) is 0 Å². The summed E-state index contributed by atoms with van der Waals surface area (Å²) in [6, 6.07) is 7.60. The second-order valence-electron chi connectivity index (χ2n) is 1.67. The molecule has 56 valence electrons. The summed E-state index contributed by atoms with van der Waals surface area (Å²) in [4.78, 5) is 0.875. The van der Waals surface area contributed by atoms with Gasteiger partial charge in [0, 0.05) is 4.90 Å². The summed E-state index contributed by atoms with van der Waals surface area (Å²) in [6.45, 7) is 0. The largest absolute Gasteiger partial charge is 0.496 e. The summed E-state index contributed by atoms with van der Waals surface area (Å²) >= 11 is 4.15. The Kier molecular flexibility index (Phi) is 3.91. The molecule has 10 heavy (non-hydrogen) atoms. The Labute approximate surface area is 65.5 Å². The van der Waals surface area contributed by atoms with Crippen LogP contribution in [0.5, 0.6) is 5.75 Å². The van der Waals surface area contributed by atoms with Gasteiger partial charge >= 0.3 is 0 Å². The van der Waals surface area contributed by atoms with E-state index in [4.69, 9.17) is 4.74 Å². The minimum atomic E-state index is 0. The number of methoxy groups -OCH3 is 1. The van der Waals surface area contributed by atoms with Gasteiger partial charge in [0.25, 0.3) is 0 Å². The fraction of sp³-hybridized carbons (Fsp3) is 0.143. The Balaban J connectivity index is 0.000000810. The number of rotatable bonds is 1. The Morgan fingerprint density at radius 3 is 2.30 bits per heavy atom. The lowest BCUT2D eigenvalue weighted by Gasteiger charge is -1.99. The first-order valence-corrected chi connectivity index (χ1v) is 3.11. The van der Waals surface area contributed by atoms with E-state index in [2.05, 4.69) is 12.6 Å². The molecule has 0 saturated carbocycles. The first kappa shape index (κ1) is 9.33. The van der Waals surface area contributed by atoms with Crippen LogP contribution in [-0.4, -0.2) is 12.6 Å². The van der Waals surface area contributed by atoms with Gasteiger partial charge in [-0.15, -0.1) is 12.6 Å². The van der Waals surface area contributed by atoms with E-state index in [0.29, 0.717) is 0 Å². The Hall–Kier alpha value is -0.670. The maximum atomic E-state index is 4.97. The topological polar surface area (TPSA) is 40.7 Å². The first-order chi connectivity index (χ1) is 4.34. The highest BCUT2D eigenvalue weighted by molar-refractivity contribution is 7.80. The number of ether oxygens (including phenoxy) is 1. The van der Waals surface area contributed by atoms with Gasteiger partial charge in [-0.3, -0.25) is 0 Å². The molecule has 2 N–H and O–H groups in total. The zero-order chi connectivity index (χ0) is 6.69. The van der Waals surface area contributed by atoms with Gasteiger partial charge in [-0.25, -0.2) is 0 Å². The number of hydrogen-bond donors (Lipinski definition) is 1. The standard InChI is InChI=1S/C7H8OS.H2O/c1-8-6-4-2-3-5-7(6)9;/h2-5,9H,1H3;1H2. The molecule has 1 aromatic carbocycles. The first-order valence-electron chi connectivity index (χ1n) is 2.66. The van der Waals surface area contributed by atoms with Gasteiger partial charge in [-0.1, -0.05) is 12.1 Å². The van der Waals surface area contributed by atoms with Gasteiger partial charge in [0.05, 0.1) is 7.11 Å². The molecule has 0 fully saturated rings. The van der Waals surface area contributed by atoms with Gasteiger partial charge in [0.15, 0.2) is 0 Å². The second kappa shape index (κ2) is 4.19. The molecule has 1 aromatic rings. The van der Waals surface area contributed by atoms with Crippen LogP contribution >= 0.6 is 12.6 Å². The Morgan fingerprint density at radius 2 is 1.90 bits per heavy atom. The predicted molar refractivity (Wildman–Crippen MR) is 43.9 cm³/mol. The van der Waals surface area contributed by atoms with Gasteiger partial charge in [-0.2, -0.15) is 0 Å². The molecule has 0 spiro atoms. The highest BCUT2D eigenvalue weighted by atomic mass is 32.1. The smallest absolute Gasteiger partial charge is 0.132 e. The summed E-state index contributed by atoms with van der Waals surface area (Å²) in [5.41, 5.74) is 0. The molecule has 2 nitrogen and oxygen atoms in total. The number of benzene rings is 1. The van der Waals surface area contributed by atoms with Crippen LogP contribution < -0.4 is 4.74 Å². The van der Waals surface area contributed by atoms with Crippen molar-refractivity contribution in [1.82, 2.24) is 0 Å². The maximum Gasteiger partial charge on any atom is 0.132 e. The summed E-state index contributed by atoms with van der Waals surface area (Å²) in [5.74, 6) is 0.820. The molecule has 3 heteroatoms. The number of thiol groups is 1. The molecule has 0 atom stereocenters. The third-order valence-corrected chi connectivity index (χ3v) is 1.45. The predicted octanol–water partition coefficient (Wildman–Crippen LogP) is 1.16. The lowest BCUT2D eigenvalue weighted by molar-refractivity contribution is 0.405. The van der Waals surface area contributed by atoms with E-state index in [9.17, 15) is 0 Å². The van der Waals surface area contributed by atoms with E-state index in [1.807, 2.05) is 24.3 Å². The molecule has 0 amide bonds. The van der Waals surface area contributed by atoms with E-state index in [-0.39, 0.29) is 5.48 Å². The molecule has 1 rings (SSSR count). The summed E-state index contributed by atoms with van der Waals surface area (Å²) in [6.07, 6.45) is 0. The van der Waals surface area contributed by atoms with Crippen LogP contribution in [0.4, 0.5) is 0 Å². The third kappa shape index (κ3) is 1.93. The van der Waals surface area contributed by atoms with Crippen LogP contribution in [0.25, 0.3) is 0 Å². The molecule has 0 aliphatic rings. The highest BCUT2D eigenvalue weighted by Crippen LogP contribution is 2.19. The SMILES string of the molecule is COc1ccccc1S.O. The molecular formula is C7H10O2S. The fourth-order valence-electron chi connectivity index (χ4n) is 0.630. The monoisotopic (exact) mass is 158 g/mol. The van der Waals surface area contributed by atoms with E-state index in [1.165, 1.54) is 0 Å². The average Bonchev–Trinajstić information content (AvgIpc) is 1.89. The van der Waals surface area contributed by atoms with Crippen LogP contribution in [0.1, 0.15) is 0 Å². The zero-order valence-corrected chi connectivity index (χ0v) is 6.56. The molecule has 0 radical (unpaired) electrons. The van der Waals surface area contributed by atoms with Crippen molar-refractivity contribution in [2.75, 3.05) is 7.11 Å². The summed E-state index contributed by atoms with van der Waals surface area (Å²) in [7, 11) is 1.63. The third-order valence-electron chi connectivity index (χ3n) is 1.09. The lowest BCUT2D eigenvalue weighted by atomic mass is 10.3. The molecule has 0 aliphatic heterocycles. The van der Waals surface area contributed by atoms with Crippen molar-refractivity contribution in [1.29, 1.82) is 0 Å². The number of para-hydroxylation sites is 1. The van der Waals surface area contributed by atoms with Crippen molar-refractivity contribution in [2.24, 2.45) is 0 Å². The molecule has 0 unspecified atom stereocenters.